The van der Waals surface area contributed by atoms with Crippen molar-refractivity contribution in [3.05, 3.63) is 58.3 Å². The minimum Gasteiger partial charge on any atom is -0.367 e. The van der Waals surface area contributed by atoms with Gasteiger partial charge in [0.15, 0.2) is 5.43 Å². The highest BCUT2D eigenvalue weighted by Gasteiger charge is 2.31. The number of hydrogen-bond acceptors (Lipinski definition) is 3. The normalized spacial score (nSPS) is 11.2. The van der Waals surface area contributed by atoms with E-state index in [9.17, 15) is 22.8 Å². The van der Waals surface area contributed by atoms with E-state index in [4.69, 9.17) is 0 Å². The molecule has 2 aromatic rings. The summed E-state index contributed by atoms with van der Waals surface area (Å²) in [6.07, 6.45) is -0.350. The third-order valence-electron chi connectivity index (χ3n) is 2.39. The summed E-state index contributed by atoms with van der Waals surface area (Å²) >= 11 is 0. The van der Waals surface area contributed by atoms with Gasteiger partial charge in [-0.1, -0.05) is 0 Å². The monoisotopic (exact) mass is 283 g/mol. The van der Waals surface area contributed by atoms with Gasteiger partial charge in [0.2, 0.25) is 0 Å². The Labute approximate surface area is 110 Å². The lowest BCUT2D eigenvalue weighted by Crippen LogP contribution is -2.21. The van der Waals surface area contributed by atoms with Crippen LogP contribution in [0.25, 0.3) is 0 Å². The summed E-state index contributed by atoms with van der Waals surface area (Å²) in [6, 6.07) is 1.88. The van der Waals surface area contributed by atoms with Gasteiger partial charge in [0, 0.05) is 24.7 Å². The van der Waals surface area contributed by atoms with Gasteiger partial charge in [0.1, 0.15) is 5.56 Å². The van der Waals surface area contributed by atoms with Crippen molar-refractivity contribution in [3.63, 3.8) is 0 Å². The molecule has 0 aliphatic rings. The summed E-state index contributed by atoms with van der Waals surface area (Å²) in [5, 5.41) is 2.19. The summed E-state index contributed by atoms with van der Waals surface area (Å²) in [4.78, 5) is 29.1. The van der Waals surface area contributed by atoms with Crippen LogP contribution in [0.1, 0.15) is 15.9 Å². The van der Waals surface area contributed by atoms with Gasteiger partial charge in [-0.3, -0.25) is 14.6 Å². The zero-order valence-electron chi connectivity index (χ0n) is 9.86. The van der Waals surface area contributed by atoms with Gasteiger partial charge in [0.05, 0.1) is 17.4 Å². The Bertz CT molecular complexity index is 695. The molecule has 2 heterocycles. The standard InChI is InChI=1S/C12H8F3N3O2/c13-12(14,15)7-3-8(5-17-4-7)18-11(20)9-6-16-2-1-10(9)19/h1-6H,(H,16,19)(H,18,20). The molecule has 20 heavy (non-hydrogen) atoms. The number of nitrogens with zero attached hydrogens (tertiary/aromatic N) is 1. The van der Waals surface area contributed by atoms with E-state index < -0.39 is 23.1 Å². The Kier molecular flexibility index (Phi) is 3.55. The molecule has 0 saturated carbocycles. The number of rotatable bonds is 2. The minimum absolute atomic E-state index is 0.145. The van der Waals surface area contributed by atoms with Gasteiger partial charge < -0.3 is 10.3 Å². The van der Waals surface area contributed by atoms with E-state index in [1.807, 2.05) is 0 Å². The fourth-order valence-electron chi connectivity index (χ4n) is 1.46. The number of aromatic nitrogens is 2. The molecule has 0 bridgehead atoms. The van der Waals surface area contributed by atoms with Crippen LogP contribution < -0.4 is 10.7 Å². The van der Waals surface area contributed by atoms with Crippen molar-refractivity contribution in [2.24, 2.45) is 0 Å². The van der Waals surface area contributed by atoms with Crippen LogP contribution in [0.2, 0.25) is 0 Å². The van der Waals surface area contributed by atoms with Crippen molar-refractivity contribution >= 4 is 11.6 Å². The van der Waals surface area contributed by atoms with Crippen LogP contribution in [-0.2, 0) is 6.18 Å². The summed E-state index contributed by atoms with van der Waals surface area (Å²) in [7, 11) is 0. The van der Waals surface area contributed by atoms with E-state index in [1.54, 1.807) is 0 Å². The average Bonchev–Trinajstić information content (AvgIpc) is 2.38. The number of anilines is 1. The molecule has 2 N–H and O–H groups in total. The van der Waals surface area contributed by atoms with E-state index in [2.05, 4.69) is 15.3 Å². The predicted octanol–water partition coefficient (Wildman–Crippen LogP) is 2.04. The molecule has 1 amide bonds. The molecule has 0 radical (unpaired) electrons. The molecule has 0 spiro atoms. The van der Waals surface area contributed by atoms with Crippen LogP contribution in [0.15, 0.2) is 41.7 Å². The Morgan fingerprint density at radius 1 is 1.30 bits per heavy atom. The largest absolute Gasteiger partial charge is 0.417 e. The fourth-order valence-corrected chi connectivity index (χ4v) is 1.46. The van der Waals surface area contributed by atoms with E-state index in [1.165, 1.54) is 12.4 Å². The van der Waals surface area contributed by atoms with Gasteiger partial charge in [-0.05, 0) is 6.07 Å². The molecule has 2 rings (SSSR count). The molecule has 0 saturated heterocycles. The van der Waals surface area contributed by atoms with Crippen molar-refractivity contribution in [2.45, 2.75) is 6.18 Å². The Hall–Kier alpha value is -2.64. The number of carbonyl (C=O) groups is 1. The number of alkyl halides is 3. The first kappa shape index (κ1) is 13.8. The first-order chi connectivity index (χ1) is 9.38. The van der Waals surface area contributed by atoms with Crippen LogP contribution in [0.5, 0.6) is 0 Å². The van der Waals surface area contributed by atoms with Gasteiger partial charge in [-0.25, -0.2) is 0 Å². The van der Waals surface area contributed by atoms with E-state index in [-0.39, 0.29) is 11.3 Å². The third kappa shape index (κ3) is 3.02. The third-order valence-corrected chi connectivity index (χ3v) is 2.39. The number of nitrogens with one attached hydrogen (secondary N) is 2. The molecule has 104 valence electrons. The lowest BCUT2D eigenvalue weighted by molar-refractivity contribution is -0.137. The zero-order valence-corrected chi connectivity index (χ0v) is 9.86. The van der Waals surface area contributed by atoms with Crippen LogP contribution in [0.3, 0.4) is 0 Å². The molecule has 5 nitrogen and oxygen atoms in total. The van der Waals surface area contributed by atoms with E-state index >= 15 is 0 Å². The maximum absolute atomic E-state index is 12.5. The first-order valence-corrected chi connectivity index (χ1v) is 5.38. The van der Waals surface area contributed by atoms with E-state index in [0.717, 1.165) is 18.3 Å². The number of hydrogen-bond donors (Lipinski definition) is 2. The predicted molar refractivity (Wildman–Crippen MR) is 64.3 cm³/mol. The van der Waals surface area contributed by atoms with Crippen molar-refractivity contribution in [3.8, 4) is 0 Å². The zero-order chi connectivity index (χ0) is 14.8. The minimum atomic E-state index is -4.56. The second kappa shape index (κ2) is 5.16. The van der Waals surface area contributed by atoms with Crippen molar-refractivity contribution in [1.29, 1.82) is 0 Å². The van der Waals surface area contributed by atoms with Crippen molar-refractivity contribution in [1.82, 2.24) is 9.97 Å². The molecule has 0 unspecified atom stereocenters. The van der Waals surface area contributed by atoms with Crippen LogP contribution in [-0.4, -0.2) is 15.9 Å². The lowest BCUT2D eigenvalue weighted by atomic mass is 10.2. The number of amides is 1. The number of aromatic amines is 1. The highest BCUT2D eigenvalue weighted by Crippen LogP contribution is 2.29. The van der Waals surface area contributed by atoms with Gasteiger partial charge in [0.25, 0.3) is 5.91 Å². The summed E-state index contributed by atoms with van der Waals surface area (Å²) in [5.41, 5.74) is -1.88. The molecule has 0 fully saturated rings. The SMILES string of the molecule is O=C(Nc1cncc(C(F)(F)F)c1)c1c[nH]ccc1=O. The van der Waals surface area contributed by atoms with Gasteiger partial charge in [-0.2, -0.15) is 13.2 Å². The quantitative estimate of drug-likeness (QED) is 0.885. The molecule has 0 aromatic carbocycles. The second-order valence-electron chi connectivity index (χ2n) is 3.84. The molecule has 0 aliphatic heterocycles. The molecule has 2 aromatic heterocycles. The van der Waals surface area contributed by atoms with Crippen LogP contribution in [0, 0.1) is 0 Å². The Morgan fingerprint density at radius 3 is 2.70 bits per heavy atom. The van der Waals surface area contributed by atoms with Gasteiger partial charge >= 0.3 is 6.18 Å². The van der Waals surface area contributed by atoms with E-state index in [0.29, 0.717) is 6.20 Å². The van der Waals surface area contributed by atoms with Crippen molar-refractivity contribution < 1.29 is 18.0 Å². The number of pyridine rings is 2. The number of halogens is 3. The first-order valence-electron chi connectivity index (χ1n) is 5.38. The maximum atomic E-state index is 12.5. The topological polar surface area (TPSA) is 74.8 Å². The molecule has 0 atom stereocenters. The lowest BCUT2D eigenvalue weighted by Gasteiger charge is -2.08. The average molecular weight is 283 g/mol. The molecular formula is C12H8F3N3O2. The smallest absolute Gasteiger partial charge is 0.367 e. The maximum Gasteiger partial charge on any atom is 0.417 e. The van der Waals surface area contributed by atoms with Crippen LogP contribution in [0.4, 0.5) is 18.9 Å². The summed E-state index contributed by atoms with van der Waals surface area (Å²) in [6.45, 7) is 0. The molecule has 0 aliphatic carbocycles. The number of carbonyl (C=O) groups excluding carboxylic acids is 1. The highest BCUT2D eigenvalue weighted by molar-refractivity contribution is 6.03. The fraction of sp³-hybridized carbons (Fsp3) is 0.0833. The Balaban J connectivity index is 2.25. The highest BCUT2D eigenvalue weighted by atomic mass is 19.4. The van der Waals surface area contributed by atoms with Gasteiger partial charge in [-0.15, -0.1) is 0 Å². The molecular weight excluding hydrogens is 275 g/mol. The number of H-pyrrole nitrogens is 1. The summed E-state index contributed by atoms with van der Waals surface area (Å²) in [5.74, 6) is -0.812. The summed E-state index contributed by atoms with van der Waals surface area (Å²) < 4.78 is 37.5. The molecule has 8 heteroatoms. The van der Waals surface area contributed by atoms with Crippen LogP contribution >= 0.6 is 0 Å². The Morgan fingerprint density at radius 2 is 2.05 bits per heavy atom. The second-order valence-corrected chi connectivity index (χ2v) is 3.84. The van der Waals surface area contributed by atoms with Crippen molar-refractivity contribution in [2.75, 3.05) is 5.32 Å².